The molecule has 1 N–H and O–H groups in total. The van der Waals surface area contributed by atoms with Gasteiger partial charge in [-0.25, -0.2) is 4.39 Å². The van der Waals surface area contributed by atoms with Crippen molar-refractivity contribution in [3.63, 3.8) is 0 Å². The maximum absolute atomic E-state index is 13.7. The molecule has 0 amide bonds. The van der Waals surface area contributed by atoms with Crippen molar-refractivity contribution in [1.82, 2.24) is 0 Å². The average Bonchev–Trinajstić information content (AvgIpc) is 2.33. The summed E-state index contributed by atoms with van der Waals surface area (Å²) in [6.07, 6.45) is -0.932. The Morgan fingerprint density at radius 1 is 1.00 bits per heavy atom. The van der Waals surface area contributed by atoms with Crippen LogP contribution in [0.2, 0.25) is 0 Å². The van der Waals surface area contributed by atoms with E-state index in [-0.39, 0.29) is 5.56 Å². The molecule has 0 fully saturated rings. The second-order valence-electron chi connectivity index (χ2n) is 3.46. The summed E-state index contributed by atoms with van der Waals surface area (Å²) >= 11 is 3.10. The van der Waals surface area contributed by atoms with Crippen molar-refractivity contribution in [3.05, 3.63) is 69.9 Å². The molecule has 3 heteroatoms. The number of benzene rings is 2. The third kappa shape index (κ3) is 2.15. The highest BCUT2D eigenvalue weighted by molar-refractivity contribution is 9.10. The van der Waals surface area contributed by atoms with Crippen molar-refractivity contribution in [1.29, 1.82) is 0 Å². The molecule has 0 aliphatic rings. The molecule has 1 unspecified atom stereocenters. The van der Waals surface area contributed by atoms with Gasteiger partial charge in [-0.05, 0) is 27.6 Å². The van der Waals surface area contributed by atoms with Crippen LogP contribution in [0.15, 0.2) is 53.0 Å². The molecule has 2 aromatic carbocycles. The summed E-state index contributed by atoms with van der Waals surface area (Å²) in [5, 5.41) is 10.0. The van der Waals surface area contributed by atoms with Crippen LogP contribution in [0.3, 0.4) is 0 Å². The van der Waals surface area contributed by atoms with Crippen LogP contribution in [0.1, 0.15) is 17.2 Å². The molecule has 0 heterocycles. The molecule has 0 bridgehead atoms. The third-order valence-corrected chi connectivity index (χ3v) is 3.00. The molecule has 0 saturated carbocycles. The van der Waals surface area contributed by atoms with Gasteiger partial charge in [-0.1, -0.05) is 42.5 Å². The zero-order valence-corrected chi connectivity index (χ0v) is 9.99. The van der Waals surface area contributed by atoms with Gasteiger partial charge in [0.2, 0.25) is 0 Å². The second kappa shape index (κ2) is 4.76. The quantitative estimate of drug-likeness (QED) is 0.890. The molecule has 2 aromatic rings. The first-order chi connectivity index (χ1) is 7.70. The van der Waals surface area contributed by atoms with Gasteiger partial charge in [-0.3, -0.25) is 0 Å². The number of hydrogen-bond acceptors (Lipinski definition) is 1. The highest BCUT2D eigenvalue weighted by Gasteiger charge is 2.15. The van der Waals surface area contributed by atoms with E-state index in [1.807, 2.05) is 18.2 Å². The summed E-state index contributed by atoms with van der Waals surface area (Å²) in [5.74, 6) is -0.418. The van der Waals surface area contributed by atoms with Crippen LogP contribution >= 0.6 is 15.9 Å². The molecule has 2 rings (SSSR count). The smallest absolute Gasteiger partial charge is 0.143 e. The van der Waals surface area contributed by atoms with Crippen molar-refractivity contribution >= 4 is 15.9 Å². The van der Waals surface area contributed by atoms with E-state index in [1.165, 1.54) is 0 Å². The molecule has 0 aliphatic carbocycles. The molecule has 0 spiro atoms. The Morgan fingerprint density at radius 2 is 1.69 bits per heavy atom. The fourth-order valence-electron chi connectivity index (χ4n) is 1.55. The van der Waals surface area contributed by atoms with E-state index < -0.39 is 11.9 Å². The van der Waals surface area contributed by atoms with Gasteiger partial charge in [0.05, 0.1) is 4.47 Å². The summed E-state index contributed by atoms with van der Waals surface area (Å²) < 4.78 is 14.1. The lowest BCUT2D eigenvalue weighted by Gasteiger charge is -2.12. The van der Waals surface area contributed by atoms with Gasteiger partial charge in [0.25, 0.3) is 0 Å². The van der Waals surface area contributed by atoms with E-state index in [4.69, 9.17) is 0 Å². The molecule has 0 saturated heterocycles. The van der Waals surface area contributed by atoms with E-state index in [9.17, 15) is 9.50 Å². The largest absolute Gasteiger partial charge is 0.384 e. The first-order valence-electron chi connectivity index (χ1n) is 4.87. The van der Waals surface area contributed by atoms with Gasteiger partial charge in [0.1, 0.15) is 11.9 Å². The van der Waals surface area contributed by atoms with Gasteiger partial charge in [0, 0.05) is 5.56 Å². The minimum atomic E-state index is -0.932. The topological polar surface area (TPSA) is 20.2 Å². The first-order valence-corrected chi connectivity index (χ1v) is 5.66. The maximum atomic E-state index is 13.7. The number of halogens is 2. The number of aliphatic hydroxyl groups excluding tert-OH is 1. The Labute approximate surface area is 102 Å². The summed E-state index contributed by atoms with van der Waals surface area (Å²) in [4.78, 5) is 0. The van der Waals surface area contributed by atoms with Crippen molar-refractivity contribution in [2.45, 2.75) is 6.10 Å². The normalized spacial score (nSPS) is 12.4. The molecule has 1 atom stereocenters. The van der Waals surface area contributed by atoms with Crippen molar-refractivity contribution in [2.75, 3.05) is 0 Å². The van der Waals surface area contributed by atoms with E-state index in [1.54, 1.807) is 30.3 Å². The molecular weight excluding hydrogens is 271 g/mol. The van der Waals surface area contributed by atoms with Crippen LogP contribution < -0.4 is 0 Å². The SMILES string of the molecule is OC(c1ccccc1)c1cccc(Br)c1F. The summed E-state index contributed by atoms with van der Waals surface area (Å²) in [7, 11) is 0. The lowest BCUT2D eigenvalue weighted by molar-refractivity contribution is 0.215. The average molecular weight is 281 g/mol. The highest BCUT2D eigenvalue weighted by Crippen LogP contribution is 2.27. The standard InChI is InChI=1S/C13H10BrFO/c14-11-8-4-7-10(12(11)15)13(16)9-5-2-1-3-6-9/h1-8,13,16H. The van der Waals surface area contributed by atoms with E-state index in [0.29, 0.717) is 10.0 Å². The van der Waals surface area contributed by atoms with Crippen molar-refractivity contribution in [2.24, 2.45) is 0 Å². The lowest BCUT2D eigenvalue weighted by Crippen LogP contribution is -2.02. The van der Waals surface area contributed by atoms with Crippen LogP contribution in [0.4, 0.5) is 4.39 Å². The van der Waals surface area contributed by atoms with E-state index >= 15 is 0 Å². The number of hydrogen-bond donors (Lipinski definition) is 1. The Bertz CT molecular complexity index is 485. The molecular formula is C13H10BrFO. The first kappa shape index (κ1) is 11.3. The highest BCUT2D eigenvalue weighted by atomic mass is 79.9. The minimum Gasteiger partial charge on any atom is -0.384 e. The predicted molar refractivity (Wildman–Crippen MR) is 64.6 cm³/mol. The van der Waals surface area contributed by atoms with Crippen LogP contribution in [0.5, 0.6) is 0 Å². The number of rotatable bonds is 2. The van der Waals surface area contributed by atoms with Crippen molar-refractivity contribution < 1.29 is 9.50 Å². The Kier molecular flexibility index (Phi) is 3.36. The van der Waals surface area contributed by atoms with Gasteiger partial charge in [-0.15, -0.1) is 0 Å². The molecule has 82 valence electrons. The molecule has 0 radical (unpaired) electrons. The summed E-state index contributed by atoms with van der Waals surface area (Å²) in [6, 6.07) is 13.9. The second-order valence-corrected chi connectivity index (χ2v) is 4.31. The van der Waals surface area contributed by atoms with Gasteiger partial charge in [-0.2, -0.15) is 0 Å². The van der Waals surface area contributed by atoms with E-state index in [0.717, 1.165) is 0 Å². The molecule has 0 aliphatic heterocycles. The fourth-order valence-corrected chi connectivity index (χ4v) is 1.93. The molecule has 1 nitrogen and oxygen atoms in total. The Balaban J connectivity index is 2.42. The Morgan fingerprint density at radius 3 is 2.38 bits per heavy atom. The minimum absolute atomic E-state index is 0.278. The van der Waals surface area contributed by atoms with Crippen molar-refractivity contribution in [3.8, 4) is 0 Å². The molecule has 16 heavy (non-hydrogen) atoms. The summed E-state index contributed by atoms with van der Waals surface area (Å²) in [6.45, 7) is 0. The fraction of sp³-hybridized carbons (Fsp3) is 0.0769. The third-order valence-electron chi connectivity index (χ3n) is 2.39. The van der Waals surface area contributed by atoms with Crippen LogP contribution in [0.25, 0.3) is 0 Å². The molecule has 0 aromatic heterocycles. The Hall–Kier alpha value is -1.19. The zero-order valence-electron chi connectivity index (χ0n) is 8.40. The monoisotopic (exact) mass is 280 g/mol. The van der Waals surface area contributed by atoms with Crippen LogP contribution in [-0.2, 0) is 0 Å². The summed E-state index contributed by atoms with van der Waals surface area (Å²) in [5.41, 5.74) is 0.958. The van der Waals surface area contributed by atoms with Gasteiger partial charge >= 0.3 is 0 Å². The zero-order chi connectivity index (χ0) is 11.5. The van der Waals surface area contributed by atoms with Gasteiger partial charge < -0.3 is 5.11 Å². The van der Waals surface area contributed by atoms with Gasteiger partial charge in [0.15, 0.2) is 0 Å². The van der Waals surface area contributed by atoms with Crippen LogP contribution in [0, 0.1) is 5.82 Å². The maximum Gasteiger partial charge on any atom is 0.143 e. The van der Waals surface area contributed by atoms with E-state index in [2.05, 4.69) is 15.9 Å². The predicted octanol–water partition coefficient (Wildman–Crippen LogP) is 3.67. The lowest BCUT2D eigenvalue weighted by atomic mass is 10.0. The van der Waals surface area contributed by atoms with Crippen LogP contribution in [-0.4, -0.2) is 5.11 Å². The number of aliphatic hydroxyl groups is 1.